The average Bonchev–Trinajstić information content (AvgIpc) is 2.92. The number of fused-ring (bicyclic) bond motifs is 5. The van der Waals surface area contributed by atoms with Crippen LogP contribution in [0.2, 0.25) is 0 Å². The van der Waals surface area contributed by atoms with E-state index in [4.69, 9.17) is 9.47 Å². The van der Waals surface area contributed by atoms with Gasteiger partial charge in [-0.25, -0.2) is 0 Å². The number of hydrogen-bond acceptors (Lipinski definition) is 3. The zero-order chi connectivity index (χ0) is 15.3. The van der Waals surface area contributed by atoms with Gasteiger partial charge in [-0.15, -0.1) is 0 Å². The molecule has 22 heavy (non-hydrogen) atoms. The van der Waals surface area contributed by atoms with Crippen molar-refractivity contribution in [3.05, 3.63) is 42.0 Å². The van der Waals surface area contributed by atoms with E-state index in [0.29, 0.717) is 0 Å². The molecule has 0 amide bonds. The third-order valence-electron chi connectivity index (χ3n) is 4.39. The Morgan fingerprint density at radius 1 is 1.00 bits per heavy atom. The fourth-order valence-corrected chi connectivity index (χ4v) is 3.25. The van der Waals surface area contributed by atoms with Gasteiger partial charge in [0.05, 0.1) is 19.9 Å². The largest absolute Gasteiger partial charge is 0.497 e. The Hall–Kier alpha value is -2.62. The molecule has 0 radical (unpaired) electrons. The Labute approximate surface area is 129 Å². The fourth-order valence-electron chi connectivity index (χ4n) is 3.25. The van der Waals surface area contributed by atoms with Gasteiger partial charge < -0.3 is 19.4 Å². The number of aromatic nitrogens is 1. The van der Waals surface area contributed by atoms with Crippen LogP contribution in [0.1, 0.15) is 5.56 Å². The number of nitrogens with zero attached hydrogens (tertiary/aromatic N) is 1. The molecule has 4 rings (SSSR count). The van der Waals surface area contributed by atoms with Crippen LogP contribution in [0.25, 0.3) is 22.2 Å². The van der Waals surface area contributed by atoms with Gasteiger partial charge in [-0.3, -0.25) is 0 Å². The quantitative estimate of drug-likeness (QED) is 0.781. The Morgan fingerprint density at radius 3 is 2.50 bits per heavy atom. The third kappa shape index (κ3) is 1.77. The number of aromatic amines is 1. The molecule has 1 N–H and O–H groups in total. The molecular formula is C18H18N2O2. The van der Waals surface area contributed by atoms with E-state index >= 15 is 0 Å². The maximum atomic E-state index is 5.39. The van der Waals surface area contributed by atoms with Gasteiger partial charge in [0.1, 0.15) is 11.5 Å². The number of benzene rings is 2. The monoisotopic (exact) mass is 294 g/mol. The van der Waals surface area contributed by atoms with E-state index in [1.807, 2.05) is 12.1 Å². The van der Waals surface area contributed by atoms with Crippen molar-refractivity contribution >= 4 is 16.6 Å². The molecule has 0 aliphatic carbocycles. The Balaban J connectivity index is 2.00. The lowest BCUT2D eigenvalue weighted by Crippen LogP contribution is -2.21. The molecule has 1 aliphatic rings. The van der Waals surface area contributed by atoms with Crippen molar-refractivity contribution in [2.45, 2.75) is 6.54 Å². The molecule has 0 saturated carbocycles. The standard InChI is InChI=1S/C18H18N2O2/c1-20-10-15-13-8-11(21-2)4-6-16(13)19-18(15)14-9-12(22-3)5-7-17(14)20/h4-9,19H,10H2,1-3H3. The second kappa shape index (κ2) is 4.70. The lowest BCUT2D eigenvalue weighted by atomic mass is 9.98. The van der Waals surface area contributed by atoms with E-state index < -0.39 is 0 Å². The lowest BCUT2D eigenvalue weighted by molar-refractivity contribution is 0.415. The summed E-state index contributed by atoms with van der Waals surface area (Å²) < 4.78 is 10.8. The van der Waals surface area contributed by atoms with Crippen LogP contribution in [0.4, 0.5) is 5.69 Å². The van der Waals surface area contributed by atoms with E-state index in [0.717, 1.165) is 23.6 Å². The Morgan fingerprint density at radius 2 is 1.73 bits per heavy atom. The van der Waals surface area contributed by atoms with E-state index in [2.05, 4.69) is 41.2 Å². The second-order valence-corrected chi connectivity index (χ2v) is 5.63. The van der Waals surface area contributed by atoms with Crippen LogP contribution < -0.4 is 14.4 Å². The van der Waals surface area contributed by atoms with Crippen molar-refractivity contribution in [3.8, 4) is 22.8 Å². The summed E-state index contributed by atoms with van der Waals surface area (Å²) >= 11 is 0. The number of rotatable bonds is 2. The number of methoxy groups -OCH3 is 2. The number of hydrogen-bond donors (Lipinski definition) is 1. The van der Waals surface area contributed by atoms with Gasteiger partial charge in [0.15, 0.2) is 0 Å². The topological polar surface area (TPSA) is 37.5 Å². The van der Waals surface area contributed by atoms with Crippen molar-refractivity contribution in [2.75, 3.05) is 26.2 Å². The van der Waals surface area contributed by atoms with Gasteiger partial charge in [0.25, 0.3) is 0 Å². The highest BCUT2D eigenvalue weighted by atomic mass is 16.5. The molecular weight excluding hydrogens is 276 g/mol. The molecule has 0 bridgehead atoms. The first kappa shape index (κ1) is 13.1. The maximum Gasteiger partial charge on any atom is 0.119 e. The SMILES string of the molecule is COc1ccc2c(c1)-c1[nH]c3ccc(OC)cc3c1CN2C. The minimum atomic E-state index is 0.872. The van der Waals surface area contributed by atoms with E-state index in [9.17, 15) is 0 Å². The summed E-state index contributed by atoms with van der Waals surface area (Å²) in [5.41, 5.74) is 6.01. The zero-order valence-electron chi connectivity index (χ0n) is 12.9. The Kier molecular flexibility index (Phi) is 2.79. The van der Waals surface area contributed by atoms with Crippen molar-refractivity contribution < 1.29 is 9.47 Å². The zero-order valence-corrected chi connectivity index (χ0v) is 12.9. The molecule has 1 aliphatic heterocycles. The van der Waals surface area contributed by atoms with Crippen molar-refractivity contribution in [2.24, 2.45) is 0 Å². The van der Waals surface area contributed by atoms with Crippen LogP contribution in [-0.2, 0) is 6.54 Å². The maximum absolute atomic E-state index is 5.39. The smallest absolute Gasteiger partial charge is 0.119 e. The van der Waals surface area contributed by atoms with Crippen molar-refractivity contribution in [3.63, 3.8) is 0 Å². The highest BCUT2D eigenvalue weighted by Crippen LogP contribution is 2.43. The van der Waals surface area contributed by atoms with Crippen LogP contribution in [0.5, 0.6) is 11.5 Å². The van der Waals surface area contributed by atoms with Gasteiger partial charge >= 0.3 is 0 Å². The van der Waals surface area contributed by atoms with Crippen LogP contribution in [0.3, 0.4) is 0 Å². The molecule has 2 heterocycles. The first-order chi connectivity index (χ1) is 10.7. The fraction of sp³-hybridized carbons (Fsp3) is 0.222. The first-order valence-corrected chi connectivity index (χ1v) is 7.29. The van der Waals surface area contributed by atoms with Crippen molar-refractivity contribution in [1.82, 2.24) is 4.98 Å². The molecule has 0 atom stereocenters. The van der Waals surface area contributed by atoms with Gasteiger partial charge in [0.2, 0.25) is 0 Å². The van der Waals surface area contributed by atoms with Crippen LogP contribution in [0, 0.1) is 0 Å². The molecule has 0 fully saturated rings. The summed E-state index contributed by atoms with van der Waals surface area (Å²) in [6.07, 6.45) is 0. The third-order valence-corrected chi connectivity index (χ3v) is 4.39. The highest BCUT2D eigenvalue weighted by molar-refractivity contribution is 5.96. The van der Waals surface area contributed by atoms with E-state index in [1.54, 1.807) is 14.2 Å². The average molecular weight is 294 g/mol. The lowest BCUT2D eigenvalue weighted by Gasteiger charge is -2.28. The Bertz CT molecular complexity index is 867. The van der Waals surface area contributed by atoms with Gasteiger partial charge in [-0.2, -0.15) is 0 Å². The second-order valence-electron chi connectivity index (χ2n) is 5.63. The summed E-state index contributed by atoms with van der Waals surface area (Å²) in [4.78, 5) is 5.83. The summed E-state index contributed by atoms with van der Waals surface area (Å²) in [6, 6.07) is 12.4. The normalized spacial score (nSPS) is 13.0. The van der Waals surface area contributed by atoms with E-state index in [1.165, 1.54) is 27.9 Å². The summed E-state index contributed by atoms with van der Waals surface area (Å²) in [7, 11) is 5.52. The summed E-state index contributed by atoms with van der Waals surface area (Å²) in [5, 5.41) is 1.22. The number of H-pyrrole nitrogens is 1. The predicted molar refractivity (Wildman–Crippen MR) is 88.9 cm³/mol. The molecule has 4 nitrogen and oxygen atoms in total. The van der Waals surface area contributed by atoms with Gasteiger partial charge in [-0.05, 0) is 36.4 Å². The molecule has 0 unspecified atom stereocenters. The molecule has 1 aromatic heterocycles. The predicted octanol–water partition coefficient (Wildman–Crippen LogP) is 3.80. The summed E-state index contributed by atoms with van der Waals surface area (Å²) in [5.74, 6) is 1.75. The molecule has 0 spiro atoms. The minimum absolute atomic E-state index is 0.872. The molecule has 0 saturated heterocycles. The van der Waals surface area contributed by atoms with Gasteiger partial charge in [-0.1, -0.05) is 0 Å². The van der Waals surface area contributed by atoms with Crippen LogP contribution >= 0.6 is 0 Å². The number of anilines is 1. The van der Waals surface area contributed by atoms with Crippen LogP contribution in [0.15, 0.2) is 36.4 Å². The number of ether oxygens (including phenoxy) is 2. The highest BCUT2D eigenvalue weighted by Gasteiger charge is 2.24. The number of nitrogens with one attached hydrogen (secondary N) is 1. The van der Waals surface area contributed by atoms with Crippen LogP contribution in [-0.4, -0.2) is 26.3 Å². The van der Waals surface area contributed by atoms with Gasteiger partial charge in [0, 0.05) is 41.3 Å². The first-order valence-electron chi connectivity index (χ1n) is 7.29. The van der Waals surface area contributed by atoms with E-state index in [-0.39, 0.29) is 0 Å². The minimum Gasteiger partial charge on any atom is -0.497 e. The molecule has 112 valence electrons. The van der Waals surface area contributed by atoms with Crippen molar-refractivity contribution in [1.29, 1.82) is 0 Å². The molecule has 2 aromatic carbocycles. The summed E-state index contributed by atoms with van der Waals surface area (Å²) in [6.45, 7) is 0.877. The molecule has 4 heteroatoms. The molecule has 3 aromatic rings.